The van der Waals surface area contributed by atoms with Gasteiger partial charge in [0.15, 0.2) is 6.04 Å². The molecule has 1 aliphatic rings. The summed E-state index contributed by atoms with van der Waals surface area (Å²) in [4.78, 5) is 15.7. The van der Waals surface area contributed by atoms with Gasteiger partial charge in [-0.3, -0.25) is 0 Å². The van der Waals surface area contributed by atoms with Crippen LogP contribution in [0.4, 0.5) is 11.6 Å². The van der Waals surface area contributed by atoms with E-state index in [1.54, 1.807) is 12.1 Å². The van der Waals surface area contributed by atoms with Crippen molar-refractivity contribution in [2.24, 2.45) is 0 Å². The van der Waals surface area contributed by atoms with E-state index in [2.05, 4.69) is 10.1 Å². The lowest BCUT2D eigenvalue weighted by Gasteiger charge is -2.29. The van der Waals surface area contributed by atoms with E-state index < -0.39 is 12.0 Å². The number of aliphatic carboxylic acids is 1. The highest BCUT2D eigenvalue weighted by molar-refractivity contribution is 5.73. The molecular weight excluding hydrogens is 258 g/mol. The van der Waals surface area contributed by atoms with Gasteiger partial charge in [0.25, 0.3) is 0 Å². The fraction of sp³-hybridized carbons (Fsp3) is 0.308. The molecule has 0 amide bonds. The van der Waals surface area contributed by atoms with Crippen molar-refractivity contribution in [2.75, 3.05) is 11.5 Å². The molecule has 5 N–H and O–H groups in total. The Kier molecular flexibility index (Phi) is 2.81. The molecular formula is C13H15N5O2. The molecule has 0 bridgehead atoms. The smallest absolute Gasteiger partial charge is 0.329 e. The van der Waals surface area contributed by atoms with Gasteiger partial charge in [-0.05, 0) is 24.1 Å². The van der Waals surface area contributed by atoms with Crippen LogP contribution in [0, 0.1) is 0 Å². The van der Waals surface area contributed by atoms with Crippen molar-refractivity contribution in [3.05, 3.63) is 35.7 Å². The number of aromatic nitrogens is 3. The summed E-state index contributed by atoms with van der Waals surface area (Å²) in [5, 5.41) is 13.6. The van der Waals surface area contributed by atoms with Crippen LogP contribution in [0.15, 0.2) is 24.3 Å². The van der Waals surface area contributed by atoms with Crippen LogP contribution >= 0.6 is 0 Å². The molecule has 0 saturated heterocycles. The molecule has 0 saturated carbocycles. The molecule has 0 aliphatic carbocycles. The van der Waals surface area contributed by atoms with Crippen LogP contribution in [0.5, 0.6) is 0 Å². The van der Waals surface area contributed by atoms with Gasteiger partial charge in [0.1, 0.15) is 5.82 Å². The molecule has 2 aromatic rings. The fourth-order valence-corrected chi connectivity index (χ4v) is 2.75. The molecule has 104 valence electrons. The Morgan fingerprint density at radius 3 is 2.65 bits per heavy atom. The normalized spacial score (nSPS) is 21.4. The summed E-state index contributed by atoms with van der Waals surface area (Å²) in [6.45, 7) is 0. The van der Waals surface area contributed by atoms with Crippen LogP contribution in [0.3, 0.4) is 0 Å². The predicted molar refractivity (Wildman–Crippen MR) is 73.0 cm³/mol. The molecule has 1 aromatic carbocycles. The molecule has 2 unspecified atom stereocenters. The van der Waals surface area contributed by atoms with E-state index in [0.29, 0.717) is 24.4 Å². The minimum Gasteiger partial charge on any atom is -0.480 e. The number of nitrogens with zero attached hydrogens (tertiary/aromatic N) is 3. The second kappa shape index (κ2) is 4.52. The highest BCUT2D eigenvalue weighted by Gasteiger charge is 2.37. The average Bonchev–Trinajstić information content (AvgIpc) is 2.78. The van der Waals surface area contributed by atoms with E-state index in [1.807, 2.05) is 12.1 Å². The first-order valence-corrected chi connectivity index (χ1v) is 6.35. The van der Waals surface area contributed by atoms with Crippen molar-refractivity contribution < 1.29 is 9.90 Å². The second-order valence-corrected chi connectivity index (χ2v) is 4.93. The zero-order valence-corrected chi connectivity index (χ0v) is 10.7. The van der Waals surface area contributed by atoms with Gasteiger partial charge in [-0.1, -0.05) is 12.1 Å². The Labute approximate surface area is 115 Å². The van der Waals surface area contributed by atoms with Crippen molar-refractivity contribution >= 4 is 17.6 Å². The molecule has 7 nitrogen and oxygen atoms in total. The highest BCUT2D eigenvalue weighted by atomic mass is 16.4. The lowest BCUT2D eigenvalue weighted by molar-refractivity contribution is -0.142. The number of carboxylic acid groups (broad SMARTS) is 1. The summed E-state index contributed by atoms with van der Waals surface area (Å²) in [6, 6.07) is 6.49. The van der Waals surface area contributed by atoms with Gasteiger partial charge in [-0.2, -0.15) is 4.98 Å². The van der Waals surface area contributed by atoms with E-state index in [9.17, 15) is 9.90 Å². The molecule has 20 heavy (non-hydrogen) atoms. The molecule has 7 heteroatoms. The minimum atomic E-state index is -0.933. The van der Waals surface area contributed by atoms with Crippen LogP contribution in [0.1, 0.15) is 29.8 Å². The van der Waals surface area contributed by atoms with Crippen LogP contribution in [-0.2, 0) is 11.2 Å². The Morgan fingerprint density at radius 2 is 2.00 bits per heavy atom. The van der Waals surface area contributed by atoms with Crippen LogP contribution in [-0.4, -0.2) is 25.8 Å². The van der Waals surface area contributed by atoms with E-state index in [-0.39, 0.29) is 11.9 Å². The number of benzene rings is 1. The lowest BCUT2D eigenvalue weighted by Crippen LogP contribution is -2.32. The van der Waals surface area contributed by atoms with Gasteiger partial charge in [0.2, 0.25) is 5.95 Å². The number of hydrogen-bond donors (Lipinski definition) is 3. The van der Waals surface area contributed by atoms with Gasteiger partial charge >= 0.3 is 5.97 Å². The zero-order chi connectivity index (χ0) is 14.3. The average molecular weight is 273 g/mol. The maximum atomic E-state index is 11.6. The van der Waals surface area contributed by atoms with Gasteiger partial charge in [-0.25, -0.2) is 9.48 Å². The largest absolute Gasteiger partial charge is 0.480 e. The van der Waals surface area contributed by atoms with Gasteiger partial charge in [0.05, 0.1) is 0 Å². The Bertz CT molecular complexity index is 649. The standard InChI is InChI=1S/C13H15N5O2/c14-8-3-1-7(2-4-8)9-5-6-10-16-13(15)17-18(10)11(9)12(19)20/h1-4,9,11H,5-6,14H2,(H2,15,17)(H,19,20). The topological polar surface area (TPSA) is 120 Å². The summed E-state index contributed by atoms with van der Waals surface area (Å²) < 4.78 is 1.43. The minimum absolute atomic E-state index is 0.115. The number of carboxylic acids is 1. The van der Waals surface area contributed by atoms with Crippen LogP contribution < -0.4 is 11.5 Å². The van der Waals surface area contributed by atoms with Crippen LogP contribution in [0.2, 0.25) is 0 Å². The van der Waals surface area contributed by atoms with E-state index in [1.165, 1.54) is 4.68 Å². The Balaban J connectivity index is 2.04. The summed E-state index contributed by atoms with van der Waals surface area (Å²) >= 11 is 0. The second-order valence-electron chi connectivity index (χ2n) is 4.93. The monoisotopic (exact) mass is 273 g/mol. The first-order chi connectivity index (χ1) is 9.56. The van der Waals surface area contributed by atoms with Gasteiger partial charge < -0.3 is 16.6 Å². The highest BCUT2D eigenvalue weighted by Crippen LogP contribution is 2.37. The molecule has 2 atom stereocenters. The van der Waals surface area contributed by atoms with Crippen LogP contribution in [0.25, 0.3) is 0 Å². The molecule has 2 heterocycles. The number of fused-ring (bicyclic) bond motifs is 1. The number of aryl methyl sites for hydroxylation is 1. The zero-order valence-electron chi connectivity index (χ0n) is 10.7. The number of anilines is 2. The first-order valence-electron chi connectivity index (χ1n) is 6.35. The summed E-state index contributed by atoms with van der Waals surface area (Å²) in [5.41, 5.74) is 12.8. The van der Waals surface area contributed by atoms with E-state index in [0.717, 1.165) is 5.56 Å². The molecule has 1 aromatic heterocycles. The van der Waals surface area contributed by atoms with Crippen molar-refractivity contribution in [3.8, 4) is 0 Å². The summed E-state index contributed by atoms with van der Waals surface area (Å²) in [5.74, 6) is -0.356. The Morgan fingerprint density at radius 1 is 1.30 bits per heavy atom. The quantitative estimate of drug-likeness (QED) is 0.696. The summed E-state index contributed by atoms with van der Waals surface area (Å²) in [7, 11) is 0. The Hall–Kier alpha value is -2.57. The molecule has 0 spiro atoms. The number of carbonyl (C=O) groups is 1. The lowest BCUT2D eigenvalue weighted by atomic mass is 9.85. The van der Waals surface area contributed by atoms with E-state index in [4.69, 9.17) is 11.5 Å². The van der Waals surface area contributed by atoms with Gasteiger partial charge in [0, 0.05) is 18.0 Å². The third kappa shape index (κ3) is 1.97. The number of nitrogen functional groups attached to an aromatic ring is 2. The fourth-order valence-electron chi connectivity index (χ4n) is 2.75. The molecule has 0 fully saturated rings. The van der Waals surface area contributed by atoms with E-state index >= 15 is 0 Å². The number of nitrogens with two attached hydrogens (primary N) is 2. The predicted octanol–water partition coefficient (Wildman–Crippen LogP) is 0.798. The first kappa shape index (κ1) is 12.5. The van der Waals surface area contributed by atoms with Crippen molar-refractivity contribution in [2.45, 2.75) is 24.8 Å². The number of rotatable bonds is 2. The van der Waals surface area contributed by atoms with Crippen molar-refractivity contribution in [1.82, 2.24) is 14.8 Å². The van der Waals surface area contributed by atoms with Gasteiger partial charge in [-0.15, -0.1) is 5.10 Å². The van der Waals surface area contributed by atoms with Crippen molar-refractivity contribution in [3.63, 3.8) is 0 Å². The maximum absolute atomic E-state index is 11.6. The third-order valence-corrected chi connectivity index (χ3v) is 3.66. The third-order valence-electron chi connectivity index (χ3n) is 3.66. The summed E-state index contributed by atoms with van der Waals surface area (Å²) in [6.07, 6.45) is 1.35. The SMILES string of the molecule is Nc1ccc(C2CCc3nc(N)nn3C2C(=O)O)cc1. The molecule has 3 rings (SSSR count). The molecule has 1 aliphatic heterocycles. The van der Waals surface area contributed by atoms with Crippen molar-refractivity contribution in [1.29, 1.82) is 0 Å². The molecule has 0 radical (unpaired) electrons. The maximum Gasteiger partial charge on any atom is 0.329 e. The number of hydrogen-bond acceptors (Lipinski definition) is 5.